The molecule has 1 unspecified atom stereocenters. The van der Waals surface area contributed by atoms with Crippen LogP contribution in [0, 0.1) is 10.8 Å². The van der Waals surface area contributed by atoms with Gasteiger partial charge in [0, 0.05) is 0 Å². The highest BCUT2D eigenvalue weighted by molar-refractivity contribution is 4.67. The Hall–Kier alpha value is -0.440. The zero-order chi connectivity index (χ0) is 7.23. The molecule has 0 aromatic carbocycles. The van der Waals surface area contributed by atoms with E-state index >= 15 is 0 Å². The predicted octanol–water partition coefficient (Wildman–Crippen LogP) is 1.14. The van der Waals surface area contributed by atoms with Crippen molar-refractivity contribution >= 4 is 0 Å². The van der Waals surface area contributed by atoms with Gasteiger partial charge < -0.3 is 5.32 Å². The normalized spacial score (nSPS) is 27.4. The van der Waals surface area contributed by atoms with E-state index in [9.17, 15) is 4.91 Å². The van der Waals surface area contributed by atoms with Crippen LogP contribution in [-0.2, 0) is 0 Å². The standard InChI is InChI=1S/C7H14N2O/c10-9-6-7-2-1-4-8-5-3-7/h7-8H,1-6H2. The van der Waals surface area contributed by atoms with Gasteiger partial charge in [-0.25, -0.2) is 0 Å². The highest BCUT2D eigenvalue weighted by atomic mass is 16.3. The Morgan fingerprint density at radius 2 is 2.30 bits per heavy atom. The van der Waals surface area contributed by atoms with Crippen LogP contribution in [0.2, 0.25) is 0 Å². The van der Waals surface area contributed by atoms with Crippen molar-refractivity contribution in [3.63, 3.8) is 0 Å². The first kappa shape index (κ1) is 7.66. The first-order chi connectivity index (χ1) is 4.93. The molecule has 0 spiro atoms. The molecule has 1 heterocycles. The molecule has 1 atom stereocenters. The van der Waals surface area contributed by atoms with E-state index in [0.717, 1.165) is 19.5 Å². The van der Waals surface area contributed by atoms with Crippen LogP contribution in [0.25, 0.3) is 0 Å². The third kappa shape index (κ3) is 2.43. The number of nitrogens with one attached hydrogen (secondary N) is 1. The van der Waals surface area contributed by atoms with E-state index in [1.54, 1.807) is 0 Å². The van der Waals surface area contributed by atoms with Gasteiger partial charge >= 0.3 is 0 Å². The van der Waals surface area contributed by atoms with Crippen LogP contribution in [0.4, 0.5) is 0 Å². The maximum atomic E-state index is 9.91. The monoisotopic (exact) mass is 142 g/mol. The molecule has 1 aliphatic rings. The lowest BCUT2D eigenvalue weighted by Gasteiger charge is -2.06. The summed E-state index contributed by atoms with van der Waals surface area (Å²) in [4.78, 5) is 9.91. The molecule has 1 fully saturated rings. The summed E-state index contributed by atoms with van der Waals surface area (Å²) in [7, 11) is 0. The third-order valence-electron chi connectivity index (χ3n) is 2.03. The van der Waals surface area contributed by atoms with E-state index in [1.165, 1.54) is 12.8 Å². The molecule has 10 heavy (non-hydrogen) atoms. The zero-order valence-electron chi connectivity index (χ0n) is 6.18. The highest BCUT2D eigenvalue weighted by Gasteiger charge is 2.10. The zero-order valence-corrected chi connectivity index (χ0v) is 6.18. The Morgan fingerprint density at radius 1 is 1.40 bits per heavy atom. The van der Waals surface area contributed by atoms with Crippen LogP contribution in [0.5, 0.6) is 0 Å². The van der Waals surface area contributed by atoms with E-state index in [4.69, 9.17) is 0 Å². The Balaban J connectivity index is 2.21. The fourth-order valence-corrected chi connectivity index (χ4v) is 1.38. The minimum absolute atomic E-state index is 0.516. The van der Waals surface area contributed by atoms with Crippen LogP contribution in [0.3, 0.4) is 0 Å². The Bertz CT molecular complexity index is 97.8. The SMILES string of the molecule is O=NCC1CCCNCC1. The molecule has 1 saturated heterocycles. The summed E-state index contributed by atoms with van der Waals surface area (Å²) in [6.45, 7) is 2.68. The summed E-state index contributed by atoms with van der Waals surface area (Å²) in [6.07, 6.45) is 3.48. The lowest BCUT2D eigenvalue weighted by atomic mass is 10.0. The van der Waals surface area contributed by atoms with Gasteiger partial charge in [-0.2, -0.15) is 4.91 Å². The molecule has 0 aromatic rings. The molecule has 0 aromatic heterocycles. The summed E-state index contributed by atoms with van der Waals surface area (Å²) < 4.78 is 0. The molecule has 58 valence electrons. The van der Waals surface area contributed by atoms with Crippen molar-refractivity contribution in [2.75, 3.05) is 19.6 Å². The maximum absolute atomic E-state index is 9.91. The lowest BCUT2D eigenvalue weighted by Crippen LogP contribution is -2.14. The van der Waals surface area contributed by atoms with Crippen molar-refractivity contribution in [2.24, 2.45) is 11.1 Å². The van der Waals surface area contributed by atoms with Crippen LogP contribution >= 0.6 is 0 Å². The first-order valence-electron chi connectivity index (χ1n) is 3.93. The van der Waals surface area contributed by atoms with Crippen molar-refractivity contribution < 1.29 is 0 Å². The van der Waals surface area contributed by atoms with Gasteiger partial charge in [0.05, 0.1) is 6.54 Å². The molecule has 1 aliphatic heterocycles. The molecule has 0 bridgehead atoms. The molecule has 1 rings (SSSR count). The number of rotatable bonds is 2. The van der Waals surface area contributed by atoms with Gasteiger partial charge in [-0.05, 0) is 38.3 Å². The highest BCUT2D eigenvalue weighted by Crippen LogP contribution is 2.12. The van der Waals surface area contributed by atoms with Gasteiger partial charge in [0.15, 0.2) is 0 Å². The largest absolute Gasteiger partial charge is 0.317 e. The molecule has 1 N–H and O–H groups in total. The van der Waals surface area contributed by atoms with Gasteiger partial charge in [-0.1, -0.05) is 5.18 Å². The summed E-state index contributed by atoms with van der Waals surface area (Å²) in [5, 5.41) is 6.22. The predicted molar refractivity (Wildman–Crippen MR) is 40.9 cm³/mol. The van der Waals surface area contributed by atoms with E-state index < -0.39 is 0 Å². The summed E-state index contributed by atoms with van der Waals surface area (Å²) in [5.74, 6) is 0.549. The Labute approximate surface area is 61.2 Å². The second-order valence-electron chi connectivity index (χ2n) is 2.86. The summed E-state index contributed by atoms with van der Waals surface area (Å²) >= 11 is 0. The van der Waals surface area contributed by atoms with Crippen LogP contribution < -0.4 is 5.32 Å². The molecule has 0 aliphatic carbocycles. The Kier molecular flexibility index (Phi) is 3.36. The average molecular weight is 142 g/mol. The summed E-state index contributed by atoms with van der Waals surface area (Å²) in [5.41, 5.74) is 0. The number of nitroso groups, excluding NO2 is 1. The minimum Gasteiger partial charge on any atom is -0.317 e. The van der Waals surface area contributed by atoms with Crippen molar-refractivity contribution in [1.29, 1.82) is 0 Å². The smallest absolute Gasteiger partial charge is 0.0839 e. The maximum Gasteiger partial charge on any atom is 0.0839 e. The number of nitrogens with zero attached hydrogens (tertiary/aromatic N) is 1. The van der Waals surface area contributed by atoms with Gasteiger partial charge in [0.25, 0.3) is 0 Å². The molecular weight excluding hydrogens is 128 g/mol. The van der Waals surface area contributed by atoms with E-state index in [2.05, 4.69) is 10.5 Å². The first-order valence-corrected chi connectivity index (χ1v) is 3.93. The van der Waals surface area contributed by atoms with Crippen molar-refractivity contribution in [2.45, 2.75) is 19.3 Å². The minimum atomic E-state index is 0.516. The van der Waals surface area contributed by atoms with Crippen molar-refractivity contribution in [1.82, 2.24) is 5.32 Å². The van der Waals surface area contributed by atoms with Gasteiger partial charge in [0.1, 0.15) is 0 Å². The molecule has 3 heteroatoms. The topological polar surface area (TPSA) is 41.5 Å². The van der Waals surface area contributed by atoms with E-state index in [-0.39, 0.29) is 0 Å². The quantitative estimate of drug-likeness (QED) is 0.587. The van der Waals surface area contributed by atoms with Crippen molar-refractivity contribution in [3.05, 3.63) is 4.91 Å². The Morgan fingerprint density at radius 3 is 3.10 bits per heavy atom. The molecule has 3 nitrogen and oxygen atoms in total. The molecule has 0 radical (unpaired) electrons. The van der Waals surface area contributed by atoms with Gasteiger partial charge in [-0.3, -0.25) is 0 Å². The molecular formula is C7H14N2O. The fraction of sp³-hybridized carbons (Fsp3) is 1.00. The molecule has 0 saturated carbocycles. The molecule has 0 amide bonds. The summed E-state index contributed by atoms with van der Waals surface area (Å²) in [6, 6.07) is 0. The third-order valence-corrected chi connectivity index (χ3v) is 2.03. The van der Waals surface area contributed by atoms with Gasteiger partial charge in [0.2, 0.25) is 0 Å². The van der Waals surface area contributed by atoms with E-state index in [0.29, 0.717) is 12.5 Å². The fourth-order valence-electron chi connectivity index (χ4n) is 1.38. The average Bonchev–Trinajstić information content (AvgIpc) is 2.17. The van der Waals surface area contributed by atoms with Crippen molar-refractivity contribution in [3.8, 4) is 0 Å². The van der Waals surface area contributed by atoms with Crippen LogP contribution in [0.15, 0.2) is 5.18 Å². The number of hydrogen-bond acceptors (Lipinski definition) is 3. The van der Waals surface area contributed by atoms with Gasteiger partial charge in [-0.15, -0.1) is 0 Å². The van der Waals surface area contributed by atoms with Crippen LogP contribution in [0.1, 0.15) is 19.3 Å². The van der Waals surface area contributed by atoms with E-state index in [1.807, 2.05) is 0 Å². The van der Waals surface area contributed by atoms with Crippen LogP contribution in [-0.4, -0.2) is 19.6 Å². The second-order valence-corrected chi connectivity index (χ2v) is 2.86. The number of hydrogen-bond donors (Lipinski definition) is 1. The lowest BCUT2D eigenvalue weighted by molar-refractivity contribution is 0.483. The second kappa shape index (κ2) is 4.39.